The molecule has 1 rings (SSSR count). The predicted octanol–water partition coefficient (Wildman–Crippen LogP) is 0.923. The Bertz CT molecular complexity index is 402. The van der Waals surface area contributed by atoms with Crippen molar-refractivity contribution in [1.29, 1.82) is 0 Å². The van der Waals surface area contributed by atoms with Crippen molar-refractivity contribution in [2.24, 2.45) is 5.92 Å². The maximum absolute atomic E-state index is 11.0. The molecule has 0 aromatic rings. The third kappa shape index (κ3) is 2.74. The highest BCUT2D eigenvalue weighted by Crippen LogP contribution is 2.33. The number of nitro groups is 1. The Kier molecular flexibility index (Phi) is 4.57. The lowest BCUT2D eigenvalue weighted by Crippen LogP contribution is -2.49. The number of rotatable bonds is 6. The number of hydrogen-bond donors (Lipinski definition) is 2. The summed E-state index contributed by atoms with van der Waals surface area (Å²) in [7, 11) is 0. The van der Waals surface area contributed by atoms with Crippen LogP contribution in [0.5, 0.6) is 0 Å². The van der Waals surface area contributed by atoms with Gasteiger partial charge in [-0.25, -0.2) is 0 Å². The lowest BCUT2D eigenvalue weighted by Gasteiger charge is -2.30. The molecular formula is C11H15NO6. The van der Waals surface area contributed by atoms with Gasteiger partial charge in [-0.05, 0) is 6.42 Å². The molecule has 0 saturated carbocycles. The van der Waals surface area contributed by atoms with Gasteiger partial charge in [-0.3, -0.25) is 14.9 Å². The molecule has 0 radical (unpaired) electrons. The number of carboxylic acid groups (broad SMARTS) is 1. The van der Waals surface area contributed by atoms with Crippen LogP contribution in [0.3, 0.4) is 0 Å². The monoisotopic (exact) mass is 257 g/mol. The van der Waals surface area contributed by atoms with Gasteiger partial charge in [-0.2, -0.15) is 0 Å². The average Bonchev–Trinajstić information content (AvgIpc) is 2.28. The maximum Gasteiger partial charge on any atom is 0.316 e. The van der Waals surface area contributed by atoms with Gasteiger partial charge in [0.15, 0.2) is 0 Å². The van der Waals surface area contributed by atoms with Crippen LogP contribution in [0.1, 0.15) is 19.8 Å². The van der Waals surface area contributed by atoms with E-state index in [1.54, 1.807) is 0 Å². The fourth-order valence-corrected chi connectivity index (χ4v) is 1.64. The van der Waals surface area contributed by atoms with E-state index >= 15 is 0 Å². The van der Waals surface area contributed by atoms with Gasteiger partial charge < -0.3 is 14.9 Å². The number of ether oxygens (including phenoxy) is 1. The van der Waals surface area contributed by atoms with Crippen molar-refractivity contribution in [1.82, 2.24) is 0 Å². The first-order valence-corrected chi connectivity index (χ1v) is 5.56. The van der Waals surface area contributed by atoms with E-state index in [4.69, 9.17) is 9.84 Å². The smallest absolute Gasteiger partial charge is 0.316 e. The molecule has 0 aliphatic heterocycles. The van der Waals surface area contributed by atoms with Gasteiger partial charge in [0.2, 0.25) is 0 Å². The molecule has 7 heteroatoms. The molecule has 18 heavy (non-hydrogen) atoms. The minimum atomic E-state index is -2.42. The minimum absolute atomic E-state index is 0.0514. The number of hydrogen-bond acceptors (Lipinski definition) is 5. The summed E-state index contributed by atoms with van der Waals surface area (Å²) < 4.78 is 5.07. The molecule has 2 atom stereocenters. The van der Waals surface area contributed by atoms with Crippen molar-refractivity contribution in [3.63, 3.8) is 0 Å². The second kappa shape index (κ2) is 5.74. The van der Waals surface area contributed by atoms with Crippen LogP contribution in [-0.4, -0.2) is 33.5 Å². The van der Waals surface area contributed by atoms with E-state index in [1.165, 1.54) is 12.2 Å². The normalized spacial score (nSPS) is 26.8. The summed E-state index contributed by atoms with van der Waals surface area (Å²) in [6.07, 6.45) is 4.78. The Morgan fingerprint density at radius 3 is 2.83 bits per heavy atom. The average molecular weight is 257 g/mol. The Labute approximate surface area is 104 Å². The maximum atomic E-state index is 11.0. The fraction of sp³-hybridized carbons (Fsp3) is 0.545. The number of aliphatic hydroxyl groups is 1. The van der Waals surface area contributed by atoms with Crippen LogP contribution >= 0.6 is 0 Å². The molecule has 0 aromatic carbocycles. The number of carboxylic acids is 1. The molecule has 2 N–H and O–H groups in total. The minimum Gasteiger partial charge on any atom is -0.481 e. The second-order valence-electron chi connectivity index (χ2n) is 3.91. The Hall–Kier alpha value is -1.73. The highest BCUT2D eigenvalue weighted by atomic mass is 16.7. The largest absolute Gasteiger partial charge is 0.481 e. The van der Waals surface area contributed by atoms with Crippen LogP contribution in [-0.2, 0) is 9.53 Å². The standard InChI is InChI=1S/C11H15NO6/c1-2-3-7-18-11(15)8(10(13)14)5-4-6-9(11)12(16)17/h4-6,8,15H,2-3,7H2,1H3,(H,13,14). The summed E-state index contributed by atoms with van der Waals surface area (Å²) in [5.41, 5.74) is -0.659. The Morgan fingerprint density at radius 2 is 2.33 bits per heavy atom. The molecule has 0 heterocycles. The van der Waals surface area contributed by atoms with Crippen molar-refractivity contribution in [3.8, 4) is 0 Å². The number of unbranched alkanes of at least 4 members (excludes halogenated alkanes) is 1. The lowest BCUT2D eigenvalue weighted by atomic mass is 9.91. The van der Waals surface area contributed by atoms with Gasteiger partial charge in [0.25, 0.3) is 5.79 Å². The van der Waals surface area contributed by atoms with Crippen LogP contribution in [0.2, 0.25) is 0 Å². The molecule has 7 nitrogen and oxygen atoms in total. The van der Waals surface area contributed by atoms with Gasteiger partial charge in [0.05, 0.1) is 11.5 Å². The highest BCUT2D eigenvalue weighted by molar-refractivity contribution is 5.74. The molecule has 0 saturated heterocycles. The summed E-state index contributed by atoms with van der Waals surface area (Å²) >= 11 is 0. The summed E-state index contributed by atoms with van der Waals surface area (Å²) in [4.78, 5) is 21.0. The second-order valence-corrected chi connectivity index (χ2v) is 3.91. The van der Waals surface area contributed by atoms with Gasteiger partial charge in [-0.1, -0.05) is 25.5 Å². The zero-order valence-electron chi connectivity index (χ0n) is 9.91. The number of nitrogens with zero attached hydrogens (tertiary/aromatic N) is 1. The molecule has 0 aromatic heterocycles. The van der Waals surface area contributed by atoms with Gasteiger partial charge in [0, 0.05) is 6.08 Å². The number of aliphatic carboxylic acids is 1. The van der Waals surface area contributed by atoms with E-state index in [-0.39, 0.29) is 6.61 Å². The lowest BCUT2D eigenvalue weighted by molar-refractivity contribution is -0.466. The quantitative estimate of drug-likeness (QED) is 0.317. The van der Waals surface area contributed by atoms with E-state index in [0.29, 0.717) is 6.42 Å². The van der Waals surface area contributed by atoms with E-state index in [9.17, 15) is 20.0 Å². The van der Waals surface area contributed by atoms with Crippen molar-refractivity contribution in [2.75, 3.05) is 6.61 Å². The van der Waals surface area contributed by atoms with Gasteiger partial charge in [-0.15, -0.1) is 0 Å². The highest BCUT2D eigenvalue weighted by Gasteiger charge is 2.52. The third-order valence-electron chi connectivity index (χ3n) is 2.63. The zero-order chi connectivity index (χ0) is 13.8. The third-order valence-corrected chi connectivity index (χ3v) is 2.63. The molecule has 100 valence electrons. The fourth-order valence-electron chi connectivity index (χ4n) is 1.64. The molecule has 0 spiro atoms. The first-order valence-electron chi connectivity index (χ1n) is 5.56. The molecule has 1 aliphatic rings. The van der Waals surface area contributed by atoms with Crippen molar-refractivity contribution in [2.45, 2.75) is 25.6 Å². The van der Waals surface area contributed by atoms with Crippen LogP contribution in [0.4, 0.5) is 0 Å². The topological polar surface area (TPSA) is 110 Å². The van der Waals surface area contributed by atoms with Gasteiger partial charge in [0.1, 0.15) is 5.92 Å². The molecule has 1 aliphatic carbocycles. The Balaban J connectivity index is 3.02. The molecule has 0 amide bonds. The molecule has 0 bridgehead atoms. The SMILES string of the molecule is CCCCOC1(O)C([N+](=O)[O-])=CC=CC1C(=O)O. The molecule has 2 unspecified atom stereocenters. The van der Waals surface area contributed by atoms with Crippen molar-refractivity contribution < 1.29 is 24.7 Å². The van der Waals surface area contributed by atoms with Crippen LogP contribution in [0, 0.1) is 16.0 Å². The van der Waals surface area contributed by atoms with Crippen molar-refractivity contribution in [3.05, 3.63) is 34.0 Å². The number of allylic oxidation sites excluding steroid dienone is 2. The molecular weight excluding hydrogens is 242 g/mol. The van der Waals surface area contributed by atoms with Crippen molar-refractivity contribution >= 4 is 5.97 Å². The number of carbonyl (C=O) groups is 1. The zero-order valence-corrected chi connectivity index (χ0v) is 9.91. The van der Waals surface area contributed by atoms with Crippen LogP contribution in [0.25, 0.3) is 0 Å². The van der Waals surface area contributed by atoms with Gasteiger partial charge >= 0.3 is 11.7 Å². The predicted molar refractivity (Wildman–Crippen MR) is 61.2 cm³/mol. The van der Waals surface area contributed by atoms with E-state index in [1.807, 2.05) is 6.92 Å². The summed E-state index contributed by atoms with van der Waals surface area (Å²) in [5, 5.41) is 30.0. The first-order chi connectivity index (χ1) is 8.43. The Morgan fingerprint density at radius 1 is 1.67 bits per heavy atom. The van der Waals surface area contributed by atoms with E-state index < -0.39 is 28.3 Å². The molecule has 0 fully saturated rings. The van der Waals surface area contributed by atoms with Crippen LogP contribution < -0.4 is 0 Å². The first kappa shape index (κ1) is 14.3. The van der Waals surface area contributed by atoms with E-state index in [0.717, 1.165) is 12.5 Å². The van der Waals surface area contributed by atoms with E-state index in [2.05, 4.69) is 0 Å². The summed E-state index contributed by atoms with van der Waals surface area (Å²) in [6, 6.07) is 0. The summed E-state index contributed by atoms with van der Waals surface area (Å²) in [5.74, 6) is -5.28. The van der Waals surface area contributed by atoms with Crippen LogP contribution in [0.15, 0.2) is 23.9 Å². The summed E-state index contributed by atoms with van der Waals surface area (Å²) in [6.45, 7) is 1.93.